The van der Waals surface area contributed by atoms with Gasteiger partial charge in [0.25, 0.3) is 0 Å². The van der Waals surface area contributed by atoms with E-state index in [0.29, 0.717) is 6.54 Å². The molecule has 0 radical (unpaired) electrons. The molecule has 5 nitrogen and oxygen atoms in total. The standard InChI is InChI=1S/C15H23F2N3O2S/c1-12(20-9-7-19(2)8-10-20)11-18-13-5-3-4-6-14(13)23(21,22)15(16)17/h3-6,12,15,18H,7-11H2,1-2H3/t12-/m0/s1. The van der Waals surface area contributed by atoms with Crippen LogP contribution < -0.4 is 5.32 Å². The van der Waals surface area contributed by atoms with Crippen molar-refractivity contribution in [2.75, 3.05) is 45.1 Å². The number of hydrogen-bond donors (Lipinski definition) is 1. The van der Waals surface area contributed by atoms with Gasteiger partial charge in [0.15, 0.2) is 0 Å². The molecule has 1 aromatic rings. The van der Waals surface area contributed by atoms with Crippen LogP contribution in [0.3, 0.4) is 0 Å². The molecule has 0 saturated carbocycles. The second-order valence-corrected chi connectivity index (χ2v) is 7.76. The Hall–Kier alpha value is -1.25. The minimum atomic E-state index is -4.60. The lowest BCUT2D eigenvalue weighted by Crippen LogP contribution is -2.49. The van der Waals surface area contributed by atoms with Crippen LogP contribution in [0.5, 0.6) is 0 Å². The number of benzene rings is 1. The van der Waals surface area contributed by atoms with Crippen LogP contribution in [0.15, 0.2) is 29.2 Å². The lowest BCUT2D eigenvalue weighted by atomic mass is 10.2. The molecule has 1 atom stereocenters. The van der Waals surface area contributed by atoms with E-state index < -0.39 is 15.6 Å². The second-order valence-electron chi connectivity index (χ2n) is 5.87. The van der Waals surface area contributed by atoms with Gasteiger partial charge in [-0.1, -0.05) is 12.1 Å². The molecule has 1 saturated heterocycles. The van der Waals surface area contributed by atoms with Crippen LogP contribution in [0.1, 0.15) is 6.92 Å². The van der Waals surface area contributed by atoms with Crippen LogP contribution in [0.2, 0.25) is 0 Å². The Morgan fingerprint density at radius 2 is 1.78 bits per heavy atom. The third-order valence-electron chi connectivity index (χ3n) is 4.18. The molecule has 1 N–H and O–H groups in total. The fraction of sp³-hybridized carbons (Fsp3) is 0.600. The summed E-state index contributed by atoms with van der Waals surface area (Å²) >= 11 is 0. The first kappa shape index (κ1) is 18.1. The van der Waals surface area contributed by atoms with Crippen LogP contribution in [0, 0.1) is 0 Å². The van der Waals surface area contributed by atoms with Crippen molar-refractivity contribution in [3.63, 3.8) is 0 Å². The summed E-state index contributed by atoms with van der Waals surface area (Å²) in [7, 11) is -2.53. The monoisotopic (exact) mass is 347 g/mol. The van der Waals surface area contributed by atoms with Crippen LogP contribution in [0.4, 0.5) is 14.5 Å². The molecule has 0 amide bonds. The number of halogens is 2. The summed E-state index contributed by atoms with van der Waals surface area (Å²) in [5.41, 5.74) is 0.230. The first-order valence-corrected chi connectivity index (χ1v) is 9.14. The Labute approximate surface area is 136 Å². The maximum atomic E-state index is 12.8. The summed E-state index contributed by atoms with van der Waals surface area (Å²) < 4.78 is 49.0. The molecule has 1 aliphatic heterocycles. The molecule has 8 heteroatoms. The quantitative estimate of drug-likeness (QED) is 0.849. The Balaban J connectivity index is 2.04. The normalized spacial score (nSPS) is 19.0. The third kappa shape index (κ3) is 4.39. The van der Waals surface area contributed by atoms with Crippen molar-refractivity contribution in [1.29, 1.82) is 0 Å². The first-order valence-electron chi connectivity index (χ1n) is 7.60. The summed E-state index contributed by atoms with van der Waals surface area (Å²) in [5.74, 6) is -3.42. The average molecular weight is 347 g/mol. The van der Waals surface area contributed by atoms with E-state index >= 15 is 0 Å². The Morgan fingerprint density at radius 3 is 2.39 bits per heavy atom. The molecule has 0 unspecified atom stereocenters. The lowest BCUT2D eigenvalue weighted by molar-refractivity contribution is 0.123. The molecule has 0 aliphatic carbocycles. The summed E-state index contributed by atoms with van der Waals surface area (Å²) in [6.45, 7) is 6.40. The van der Waals surface area contributed by atoms with E-state index in [-0.39, 0.29) is 16.6 Å². The number of rotatable bonds is 6. The van der Waals surface area contributed by atoms with E-state index in [1.807, 2.05) is 6.92 Å². The van der Waals surface area contributed by atoms with E-state index in [2.05, 4.69) is 22.2 Å². The van der Waals surface area contributed by atoms with Crippen molar-refractivity contribution in [2.45, 2.75) is 23.6 Å². The maximum Gasteiger partial charge on any atom is 0.341 e. The van der Waals surface area contributed by atoms with Gasteiger partial charge in [-0.3, -0.25) is 4.90 Å². The molecular weight excluding hydrogens is 324 g/mol. The summed E-state index contributed by atoms with van der Waals surface area (Å²) in [6, 6.07) is 6.00. The number of nitrogens with one attached hydrogen (secondary N) is 1. The molecule has 0 spiro atoms. The van der Waals surface area contributed by atoms with Crippen LogP contribution >= 0.6 is 0 Å². The topological polar surface area (TPSA) is 52.7 Å². The number of likely N-dealkylation sites (N-methyl/N-ethyl adjacent to an activating group) is 1. The van der Waals surface area contributed by atoms with Gasteiger partial charge >= 0.3 is 5.76 Å². The fourth-order valence-electron chi connectivity index (χ4n) is 2.61. The van der Waals surface area contributed by atoms with Gasteiger partial charge in [-0.15, -0.1) is 0 Å². The van der Waals surface area contributed by atoms with Crippen LogP contribution in [-0.4, -0.2) is 69.8 Å². The van der Waals surface area contributed by atoms with Crippen molar-refractivity contribution in [1.82, 2.24) is 9.80 Å². The molecule has 1 aromatic carbocycles. The largest absolute Gasteiger partial charge is 0.382 e. The minimum Gasteiger partial charge on any atom is -0.382 e. The maximum absolute atomic E-state index is 12.8. The van der Waals surface area contributed by atoms with E-state index in [4.69, 9.17) is 0 Å². The average Bonchev–Trinajstić information content (AvgIpc) is 2.53. The highest BCUT2D eigenvalue weighted by Gasteiger charge is 2.29. The predicted molar refractivity (Wildman–Crippen MR) is 86.7 cm³/mol. The highest BCUT2D eigenvalue weighted by atomic mass is 32.2. The van der Waals surface area contributed by atoms with Gasteiger partial charge in [-0.2, -0.15) is 8.78 Å². The highest BCUT2D eigenvalue weighted by Crippen LogP contribution is 2.26. The minimum absolute atomic E-state index is 0.186. The van der Waals surface area contributed by atoms with Crippen molar-refractivity contribution in [2.24, 2.45) is 0 Å². The number of sulfone groups is 1. The number of nitrogens with zero attached hydrogens (tertiary/aromatic N) is 2. The van der Waals surface area contributed by atoms with E-state index in [0.717, 1.165) is 26.2 Å². The van der Waals surface area contributed by atoms with E-state index in [1.165, 1.54) is 18.2 Å². The molecule has 130 valence electrons. The number of anilines is 1. The predicted octanol–water partition coefficient (Wildman–Crippen LogP) is 1.73. The van der Waals surface area contributed by atoms with Gasteiger partial charge in [-0.05, 0) is 26.1 Å². The zero-order valence-electron chi connectivity index (χ0n) is 13.4. The van der Waals surface area contributed by atoms with Gasteiger partial charge in [0.05, 0.1) is 10.6 Å². The lowest BCUT2D eigenvalue weighted by Gasteiger charge is -2.36. The molecule has 1 fully saturated rings. The SMILES string of the molecule is C[C@@H](CNc1ccccc1S(=O)(=O)C(F)F)N1CCN(C)CC1. The Bertz CT molecular complexity index is 617. The molecule has 23 heavy (non-hydrogen) atoms. The van der Waals surface area contributed by atoms with Gasteiger partial charge in [-0.25, -0.2) is 8.42 Å². The summed E-state index contributed by atoms with van der Waals surface area (Å²) in [4.78, 5) is 4.21. The zero-order valence-corrected chi connectivity index (χ0v) is 14.2. The first-order chi connectivity index (χ1) is 10.8. The Morgan fingerprint density at radius 1 is 1.17 bits per heavy atom. The number of hydrogen-bond acceptors (Lipinski definition) is 5. The van der Waals surface area contributed by atoms with Gasteiger partial charge in [0.2, 0.25) is 9.84 Å². The summed E-state index contributed by atoms with van der Waals surface area (Å²) in [6.07, 6.45) is 0. The highest BCUT2D eigenvalue weighted by molar-refractivity contribution is 7.91. The molecular formula is C15H23F2N3O2S. The van der Waals surface area contributed by atoms with Crippen molar-refractivity contribution in [3.05, 3.63) is 24.3 Å². The van der Waals surface area contributed by atoms with Crippen molar-refractivity contribution < 1.29 is 17.2 Å². The summed E-state index contributed by atoms with van der Waals surface area (Å²) in [5, 5.41) is 3.01. The number of alkyl halides is 2. The smallest absolute Gasteiger partial charge is 0.341 e. The van der Waals surface area contributed by atoms with Gasteiger partial charge < -0.3 is 10.2 Å². The number of piperazine rings is 1. The molecule has 1 heterocycles. The van der Waals surface area contributed by atoms with Crippen molar-refractivity contribution in [3.8, 4) is 0 Å². The van der Waals surface area contributed by atoms with Gasteiger partial charge in [0.1, 0.15) is 0 Å². The number of para-hydroxylation sites is 1. The third-order valence-corrected chi connectivity index (χ3v) is 5.62. The molecule has 2 rings (SSSR count). The Kier molecular flexibility index (Phi) is 5.94. The fourth-order valence-corrected chi connectivity index (χ4v) is 3.51. The molecule has 0 aromatic heterocycles. The van der Waals surface area contributed by atoms with Crippen LogP contribution in [-0.2, 0) is 9.84 Å². The van der Waals surface area contributed by atoms with Gasteiger partial charge in [0, 0.05) is 38.8 Å². The zero-order chi connectivity index (χ0) is 17.0. The second kappa shape index (κ2) is 7.55. The van der Waals surface area contributed by atoms with E-state index in [9.17, 15) is 17.2 Å². The van der Waals surface area contributed by atoms with Crippen LogP contribution in [0.25, 0.3) is 0 Å². The molecule has 0 bridgehead atoms. The van der Waals surface area contributed by atoms with E-state index in [1.54, 1.807) is 6.07 Å². The van der Waals surface area contributed by atoms with Crippen molar-refractivity contribution >= 4 is 15.5 Å². The molecule has 1 aliphatic rings.